The van der Waals surface area contributed by atoms with E-state index in [0.717, 1.165) is 5.69 Å². The number of amides is 2. The Morgan fingerprint density at radius 1 is 0.897 bits per heavy atom. The number of aromatic nitrogens is 1. The number of rotatable bonds is 4. The van der Waals surface area contributed by atoms with Gasteiger partial charge in [-0.1, -0.05) is 6.07 Å². The van der Waals surface area contributed by atoms with Gasteiger partial charge in [0.1, 0.15) is 0 Å². The van der Waals surface area contributed by atoms with Crippen molar-refractivity contribution in [1.82, 2.24) is 18.1 Å². The van der Waals surface area contributed by atoms with Crippen molar-refractivity contribution in [3.05, 3.63) is 48.8 Å². The molecule has 0 unspecified atom stereocenters. The molecule has 29 heavy (non-hydrogen) atoms. The molecule has 1 aromatic heterocycles. The third-order valence-electron chi connectivity index (χ3n) is 5.15. The summed E-state index contributed by atoms with van der Waals surface area (Å²) < 4.78 is 35.6. The Kier molecular flexibility index (Phi) is 5.86. The van der Waals surface area contributed by atoms with E-state index in [2.05, 4.69) is 5.32 Å². The molecule has 0 atom stereocenters. The number of carbonyl (C=O) groups is 1. The van der Waals surface area contributed by atoms with Crippen LogP contribution in [0.15, 0.2) is 48.8 Å². The Bertz CT molecular complexity index is 933. The number of urea groups is 1. The minimum Gasteiger partial charge on any atom is -0.379 e. The number of nitrogens with one attached hydrogen (secondary N) is 1. The van der Waals surface area contributed by atoms with Crippen LogP contribution >= 0.6 is 0 Å². The van der Waals surface area contributed by atoms with E-state index in [1.807, 2.05) is 53.4 Å². The van der Waals surface area contributed by atoms with Gasteiger partial charge in [0.2, 0.25) is 0 Å². The van der Waals surface area contributed by atoms with Gasteiger partial charge in [-0.15, -0.1) is 0 Å². The highest BCUT2D eigenvalue weighted by atomic mass is 32.2. The Morgan fingerprint density at radius 3 is 2.24 bits per heavy atom. The first-order valence-electron chi connectivity index (χ1n) is 9.66. The summed E-state index contributed by atoms with van der Waals surface area (Å²) in [6.45, 7) is 2.88. The summed E-state index contributed by atoms with van der Waals surface area (Å²) >= 11 is 0. The number of carbonyl (C=O) groups excluding carboxylic acids is 1. The van der Waals surface area contributed by atoms with Gasteiger partial charge in [-0.3, -0.25) is 0 Å². The van der Waals surface area contributed by atoms with Gasteiger partial charge in [-0.25, -0.2) is 4.79 Å². The van der Waals surface area contributed by atoms with Crippen molar-refractivity contribution >= 4 is 21.9 Å². The summed E-state index contributed by atoms with van der Waals surface area (Å²) in [7, 11) is -3.50. The summed E-state index contributed by atoms with van der Waals surface area (Å²) in [5.74, 6) is 0. The van der Waals surface area contributed by atoms with Gasteiger partial charge in [-0.2, -0.15) is 17.0 Å². The lowest BCUT2D eigenvalue weighted by Crippen LogP contribution is -2.56. The maximum Gasteiger partial charge on any atom is 0.321 e. The zero-order valence-electron chi connectivity index (χ0n) is 16.1. The Labute approximate surface area is 170 Å². The maximum absolute atomic E-state index is 12.7. The van der Waals surface area contributed by atoms with E-state index >= 15 is 0 Å². The van der Waals surface area contributed by atoms with Crippen molar-refractivity contribution < 1.29 is 17.9 Å². The van der Waals surface area contributed by atoms with Crippen LogP contribution in [0.3, 0.4) is 0 Å². The fourth-order valence-electron chi connectivity index (χ4n) is 3.52. The largest absolute Gasteiger partial charge is 0.379 e. The highest BCUT2D eigenvalue weighted by Crippen LogP contribution is 2.17. The molecule has 2 aliphatic rings. The summed E-state index contributed by atoms with van der Waals surface area (Å²) in [6.07, 6.45) is 3.88. The Balaban J connectivity index is 1.34. The van der Waals surface area contributed by atoms with E-state index in [4.69, 9.17) is 4.74 Å². The summed E-state index contributed by atoms with van der Waals surface area (Å²) in [5, 5.41) is 2.91. The number of piperazine rings is 1. The first kappa shape index (κ1) is 19.9. The molecule has 3 heterocycles. The predicted octanol–water partition coefficient (Wildman–Crippen LogP) is 1.20. The van der Waals surface area contributed by atoms with E-state index in [1.54, 1.807) is 4.90 Å². The standard InChI is InChI=1S/C19H25N5O4S/c25-19(20-17-4-3-5-18(16-17)21-6-1-2-7-21)22-8-10-23(11-9-22)29(26,27)24-12-14-28-15-13-24/h1-7,16H,8-15H2,(H,20,25). The first-order valence-corrected chi connectivity index (χ1v) is 11.1. The van der Waals surface area contributed by atoms with Gasteiger partial charge in [0.25, 0.3) is 10.2 Å². The van der Waals surface area contributed by atoms with Gasteiger partial charge >= 0.3 is 6.03 Å². The molecule has 1 aromatic carbocycles. The molecule has 0 spiro atoms. The molecule has 0 bridgehead atoms. The van der Waals surface area contributed by atoms with E-state index in [-0.39, 0.29) is 19.1 Å². The fraction of sp³-hybridized carbons (Fsp3) is 0.421. The molecule has 10 heteroatoms. The van der Waals surface area contributed by atoms with E-state index < -0.39 is 10.2 Å². The lowest BCUT2D eigenvalue weighted by atomic mass is 10.2. The summed E-state index contributed by atoms with van der Waals surface area (Å²) in [5.41, 5.74) is 1.65. The molecule has 0 radical (unpaired) electrons. The van der Waals surface area contributed by atoms with Crippen LogP contribution in [-0.4, -0.2) is 85.0 Å². The molecule has 1 N–H and O–H groups in total. The van der Waals surface area contributed by atoms with Gasteiger partial charge in [0, 0.05) is 63.0 Å². The normalized spacial score (nSPS) is 19.2. The molecule has 0 aliphatic carbocycles. The van der Waals surface area contributed by atoms with Gasteiger partial charge in [0.15, 0.2) is 0 Å². The number of hydrogen-bond acceptors (Lipinski definition) is 4. The van der Waals surface area contributed by atoms with Crippen molar-refractivity contribution in [2.75, 3.05) is 57.8 Å². The lowest BCUT2D eigenvalue weighted by molar-refractivity contribution is 0.0691. The lowest BCUT2D eigenvalue weighted by Gasteiger charge is -2.37. The number of ether oxygens (including phenoxy) is 1. The maximum atomic E-state index is 12.7. The highest BCUT2D eigenvalue weighted by molar-refractivity contribution is 7.86. The van der Waals surface area contributed by atoms with E-state index in [1.165, 1.54) is 8.61 Å². The topological polar surface area (TPSA) is 87.1 Å². The van der Waals surface area contributed by atoms with Crippen LogP contribution in [0.5, 0.6) is 0 Å². The number of hydrogen-bond donors (Lipinski definition) is 1. The molecular weight excluding hydrogens is 394 g/mol. The molecule has 2 saturated heterocycles. The SMILES string of the molecule is O=C(Nc1cccc(-n2cccc2)c1)N1CCN(S(=O)(=O)N2CCOCC2)CC1. The monoisotopic (exact) mass is 419 g/mol. The van der Waals surface area contributed by atoms with Crippen LogP contribution in [0.25, 0.3) is 5.69 Å². The van der Waals surface area contributed by atoms with E-state index in [0.29, 0.717) is 45.1 Å². The third-order valence-corrected chi connectivity index (χ3v) is 7.18. The summed E-state index contributed by atoms with van der Waals surface area (Å²) in [4.78, 5) is 14.3. The van der Waals surface area contributed by atoms with Crippen molar-refractivity contribution in [2.24, 2.45) is 0 Å². The van der Waals surface area contributed by atoms with Crippen LogP contribution in [0.2, 0.25) is 0 Å². The average molecular weight is 420 g/mol. The average Bonchev–Trinajstić information content (AvgIpc) is 3.30. The number of anilines is 1. The van der Waals surface area contributed by atoms with Gasteiger partial charge in [-0.05, 0) is 30.3 Å². The highest BCUT2D eigenvalue weighted by Gasteiger charge is 2.34. The van der Waals surface area contributed by atoms with Crippen molar-refractivity contribution in [3.63, 3.8) is 0 Å². The molecule has 2 aliphatic heterocycles. The summed E-state index contributed by atoms with van der Waals surface area (Å²) in [6, 6.07) is 11.2. The van der Waals surface area contributed by atoms with Crippen LogP contribution in [0.1, 0.15) is 0 Å². The van der Waals surface area contributed by atoms with E-state index in [9.17, 15) is 13.2 Å². The van der Waals surface area contributed by atoms with Crippen molar-refractivity contribution in [3.8, 4) is 5.69 Å². The quantitative estimate of drug-likeness (QED) is 0.807. The van der Waals surface area contributed by atoms with Crippen LogP contribution < -0.4 is 5.32 Å². The minimum absolute atomic E-state index is 0.224. The van der Waals surface area contributed by atoms with Crippen LogP contribution in [-0.2, 0) is 14.9 Å². The number of nitrogens with zero attached hydrogens (tertiary/aromatic N) is 4. The number of benzene rings is 1. The fourth-order valence-corrected chi connectivity index (χ4v) is 5.08. The molecular formula is C19H25N5O4S. The predicted molar refractivity (Wildman–Crippen MR) is 109 cm³/mol. The Morgan fingerprint density at radius 2 is 1.55 bits per heavy atom. The van der Waals surface area contributed by atoms with Gasteiger partial charge in [0.05, 0.1) is 13.2 Å². The second-order valence-corrected chi connectivity index (χ2v) is 8.90. The molecule has 4 rings (SSSR count). The zero-order chi connectivity index (χ0) is 20.3. The van der Waals surface area contributed by atoms with Crippen LogP contribution in [0, 0.1) is 0 Å². The molecule has 9 nitrogen and oxygen atoms in total. The van der Waals surface area contributed by atoms with Crippen LogP contribution in [0.4, 0.5) is 10.5 Å². The molecule has 2 fully saturated rings. The molecule has 0 saturated carbocycles. The smallest absolute Gasteiger partial charge is 0.321 e. The minimum atomic E-state index is -3.50. The van der Waals surface area contributed by atoms with Crippen molar-refractivity contribution in [2.45, 2.75) is 0 Å². The first-order chi connectivity index (χ1) is 14.0. The third kappa shape index (κ3) is 4.45. The molecule has 2 amide bonds. The Hall–Kier alpha value is -2.40. The zero-order valence-corrected chi connectivity index (χ0v) is 16.9. The second kappa shape index (κ2) is 8.54. The van der Waals surface area contributed by atoms with Gasteiger partial charge < -0.3 is 19.5 Å². The van der Waals surface area contributed by atoms with Crippen molar-refractivity contribution in [1.29, 1.82) is 0 Å². The number of morpholine rings is 1. The molecule has 156 valence electrons. The molecule has 2 aromatic rings. The second-order valence-electron chi connectivity index (χ2n) is 6.98.